The number of hydrogen-bond donors (Lipinski definition) is 0. The summed E-state index contributed by atoms with van der Waals surface area (Å²) in [6, 6.07) is 9.42. The van der Waals surface area contributed by atoms with E-state index in [2.05, 4.69) is 0 Å². The SMILES string of the molecule is O=CC1=C(c2ccccc2)C(=O)CCC1. The monoisotopic (exact) mass is 200 g/mol. The summed E-state index contributed by atoms with van der Waals surface area (Å²) in [5.41, 5.74) is 2.14. The topological polar surface area (TPSA) is 34.1 Å². The molecule has 0 atom stereocenters. The van der Waals surface area contributed by atoms with Crippen molar-refractivity contribution in [1.82, 2.24) is 0 Å². The van der Waals surface area contributed by atoms with Gasteiger partial charge in [0.15, 0.2) is 5.78 Å². The molecule has 76 valence electrons. The Labute approximate surface area is 88.6 Å². The lowest BCUT2D eigenvalue weighted by Crippen LogP contribution is -2.11. The molecule has 0 aromatic heterocycles. The Morgan fingerprint density at radius 3 is 2.47 bits per heavy atom. The summed E-state index contributed by atoms with van der Waals surface area (Å²) in [6.07, 6.45) is 2.89. The van der Waals surface area contributed by atoms with Crippen molar-refractivity contribution in [2.75, 3.05) is 0 Å². The highest BCUT2D eigenvalue weighted by molar-refractivity contribution is 6.25. The van der Waals surface area contributed by atoms with Crippen LogP contribution in [0.3, 0.4) is 0 Å². The molecule has 0 amide bonds. The zero-order valence-corrected chi connectivity index (χ0v) is 8.40. The molecular weight excluding hydrogens is 188 g/mol. The molecule has 0 unspecified atom stereocenters. The van der Waals surface area contributed by atoms with Crippen LogP contribution in [0.4, 0.5) is 0 Å². The number of hydrogen-bond acceptors (Lipinski definition) is 2. The summed E-state index contributed by atoms with van der Waals surface area (Å²) in [5.74, 6) is 0.0922. The van der Waals surface area contributed by atoms with Gasteiger partial charge in [0, 0.05) is 17.6 Å². The smallest absolute Gasteiger partial charge is 0.163 e. The molecule has 1 aliphatic carbocycles. The van der Waals surface area contributed by atoms with E-state index in [1.165, 1.54) is 0 Å². The van der Waals surface area contributed by atoms with Gasteiger partial charge >= 0.3 is 0 Å². The molecular formula is C13H12O2. The molecule has 1 aromatic rings. The van der Waals surface area contributed by atoms with E-state index in [1.54, 1.807) is 0 Å². The Morgan fingerprint density at radius 1 is 1.07 bits per heavy atom. The molecule has 0 bridgehead atoms. The van der Waals surface area contributed by atoms with Gasteiger partial charge in [-0.3, -0.25) is 9.59 Å². The van der Waals surface area contributed by atoms with E-state index in [0.29, 0.717) is 17.6 Å². The van der Waals surface area contributed by atoms with Gasteiger partial charge in [0.05, 0.1) is 0 Å². The van der Waals surface area contributed by atoms with E-state index >= 15 is 0 Å². The van der Waals surface area contributed by atoms with E-state index in [1.807, 2.05) is 30.3 Å². The summed E-state index contributed by atoms with van der Waals surface area (Å²) >= 11 is 0. The summed E-state index contributed by atoms with van der Waals surface area (Å²) in [6.45, 7) is 0. The third kappa shape index (κ3) is 1.89. The number of carbonyl (C=O) groups excluding carboxylic acids is 2. The van der Waals surface area contributed by atoms with E-state index in [4.69, 9.17) is 0 Å². The lowest BCUT2D eigenvalue weighted by atomic mass is 9.87. The summed E-state index contributed by atoms with van der Waals surface area (Å²) in [7, 11) is 0. The number of carbonyl (C=O) groups is 2. The lowest BCUT2D eigenvalue weighted by molar-refractivity contribution is -0.114. The second kappa shape index (κ2) is 4.22. The fraction of sp³-hybridized carbons (Fsp3) is 0.231. The van der Waals surface area contributed by atoms with Gasteiger partial charge in [-0.2, -0.15) is 0 Å². The van der Waals surface area contributed by atoms with Gasteiger partial charge in [-0.15, -0.1) is 0 Å². The zero-order chi connectivity index (χ0) is 10.7. The fourth-order valence-corrected chi connectivity index (χ4v) is 1.94. The molecule has 2 rings (SSSR count). The molecule has 2 nitrogen and oxygen atoms in total. The predicted molar refractivity (Wildman–Crippen MR) is 58.3 cm³/mol. The van der Waals surface area contributed by atoms with Crippen LogP contribution in [-0.2, 0) is 9.59 Å². The number of aldehydes is 1. The van der Waals surface area contributed by atoms with Crippen LogP contribution >= 0.6 is 0 Å². The molecule has 15 heavy (non-hydrogen) atoms. The Kier molecular flexibility index (Phi) is 2.77. The minimum absolute atomic E-state index is 0.0922. The van der Waals surface area contributed by atoms with Crippen LogP contribution in [0.15, 0.2) is 35.9 Å². The van der Waals surface area contributed by atoms with Crippen LogP contribution in [0.25, 0.3) is 5.57 Å². The maximum absolute atomic E-state index is 11.7. The van der Waals surface area contributed by atoms with Crippen molar-refractivity contribution < 1.29 is 9.59 Å². The molecule has 0 aliphatic heterocycles. The second-order valence-corrected chi connectivity index (χ2v) is 3.66. The minimum atomic E-state index is 0.0922. The standard InChI is InChI=1S/C13H12O2/c14-9-11-7-4-8-12(15)13(11)10-5-2-1-3-6-10/h1-3,5-6,9H,4,7-8H2. The molecule has 0 saturated heterocycles. The normalized spacial score (nSPS) is 16.7. The third-order valence-electron chi connectivity index (χ3n) is 2.65. The third-order valence-corrected chi connectivity index (χ3v) is 2.65. The van der Waals surface area contributed by atoms with Gasteiger partial charge in [-0.1, -0.05) is 30.3 Å². The predicted octanol–water partition coefficient (Wildman–Crippen LogP) is 2.39. The lowest BCUT2D eigenvalue weighted by Gasteiger charge is -2.15. The first-order valence-corrected chi connectivity index (χ1v) is 5.10. The number of rotatable bonds is 2. The average molecular weight is 200 g/mol. The van der Waals surface area contributed by atoms with Crippen molar-refractivity contribution in [3.05, 3.63) is 41.5 Å². The summed E-state index contributed by atoms with van der Waals surface area (Å²) < 4.78 is 0. The van der Waals surface area contributed by atoms with Gasteiger partial charge in [-0.25, -0.2) is 0 Å². The Bertz CT molecular complexity index is 415. The van der Waals surface area contributed by atoms with Gasteiger partial charge in [0.1, 0.15) is 6.29 Å². The Balaban J connectivity index is 2.52. The van der Waals surface area contributed by atoms with Crippen molar-refractivity contribution in [1.29, 1.82) is 0 Å². The molecule has 0 fully saturated rings. The van der Waals surface area contributed by atoms with E-state index in [-0.39, 0.29) is 5.78 Å². The molecule has 1 aliphatic rings. The van der Waals surface area contributed by atoms with Gasteiger partial charge in [0.25, 0.3) is 0 Å². The average Bonchev–Trinajstić information content (AvgIpc) is 2.29. The molecule has 0 heterocycles. The first kappa shape index (κ1) is 9.84. The van der Waals surface area contributed by atoms with Crippen LogP contribution in [0.5, 0.6) is 0 Å². The van der Waals surface area contributed by atoms with E-state index in [9.17, 15) is 9.59 Å². The van der Waals surface area contributed by atoms with Crippen LogP contribution in [0.2, 0.25) is 0 Å². The van der Waals surface area contributed by atoms with Gasteiger partial charge in [-0.05, 0) is 18.4 Å². The van der Waals surface area contributed by atoms with Crippen LogP contribution in [0.1, 0.15) is 24.8 Å². The minimum Gasteiger partial charge on any atom is -0.298 e. The molecule has 2 heteroatoms. The van der Waals surface area contributed by atoms with E-state index in [0.717, 1.165) is 24.7 Å². The second-order valence-electron chi connectivity index (χ2n) is 3.66. The maximum atomic E-state index is 11.7. The first-order valence-electron chi connectivity index (χ1n) is 5.10. The maximum Gasteiger partial charge on any atom is 0.163 e. The zero-order valence-electron chi connectivity index (χ0n) is 8.40. The number of benzene rings is 1. The van der Waals surface area contributed by atoms with Crippen molar-refractivity contribution in [3.8, 4) is 0 Å². The highest BCUT2D eigenvalue weighted by Crippen LogP contribution is 2.28. The molecule has 0 radical (unpaired) electrons. The number of ketones is 1. The quantitative estimate of drug-likeness (QED) is 0.687. The van der Waals surface area contributed by atoms with Crippen molar-refractivity contribution in [3.63, 3.8) is 0 Å². The van der Waals surface area contributed by atoms with Crippen molar-refractivity contribution in [2.45, 2.75) is 19.3 Å². The number of Topliss-reactive ketones (excluding diaryl/α,β-unsaturated/α-hetero) is 1. The van der Waals surface area contributed by atoms with Gasteiger partial charge in [0.2, 0.25) is 0 Å². The molecule has 0 saturated carbocycles. The Hall–Kier alpha value is -1.70. The van der Waals surface area contributed by atoms with Crippen LogP contribution < -0.4 is 0 Å². The van der Waals surface area contributed by atoms with E-state index < -0.39 is 0 Å². The van der Waals surface area contributed by atoms with Crippen LogP contribution in [-0.4, -0.2) is 12.1 Å². The highest BCUT2D eigenvalue weighted by atomic mass is 16.1. The molecule has 1 aromatic carbocycles. The Morgan fingerprint density at radius 2 is 1.80 bits per heavy atom. The van der Waals surface area contributed by atoms with Crippen LogP contribution in [0, 0.1) is 0 Å². The van der Waals surface area contributed by atoms with Crippen molar-refractivity contribution in [2.24, 2.45) is 0 Å². The highest BCUT2D eigenvalue weighted by Gasteiger charge is 2.20. The largest absolute Gasteiger partial charge is 0.298 e. The first-order chi connectivity index (χ1) is 7.33. The van der Waals surface area contributed by atoms with Crippen molar-refractivity contribution >= 4 is 17.6 Å². The number of allylic oxidation sites excluding steroid dienone is 2. The summed E-state index contributed by atoms with van der Waals surface area (Å²) in [4.78, 5) is 22.6. The summed E-state index contributed by atoms with van der Waals surface area (Å²) in [5, 5.41) is 0. The molecule has 0 N–H and O–H groups in total. The fourth-order valence-electron chi connectivity index (χ4n) is 1.94. The molecule has 0 spiro atoms. The van der Waals surface area contributed by atoms with Gasteiger partial charge < -0.3 is 0 Å².